The van der Waals surface area contributed by atoms with Gasteiger partial charge in [0.05, 0.1) is 12.5 Å². The minimum Gasteiger partial charge on any atom is -0.497 e. The van der Waals surface area contributed by atoms with E-state index in [1.807, 2.05) is 12.1 Å². The lowest BCUT2D eigenvalue weighted by molar-refractivity contribution is -0.187. The van der Waals surface area contributed by atoms with E-state index in [4.69, 9.17) is 9.47 Å². The number of Topliss-reactive ketones (excluding diaryl/α,β-unsaturated/α-hetero) is 1. The molecule has 0 amide bonds. The average Bonchev–Trinajstić information content (AvgIpc) is 2.69. The van der Waals surface area contributed by atoms with Gasteiger partial charge in [-0.1, -0.05) is 39.3 Å². The molecule has 1 aromatic rings. The van der Waals surface area contributed by atoms with E-state index in [1.54, 1.807) is 7.11 Å². The summed E-state index contributed by atoms with van der Waals surface area (Å²) in [6, 6.07) is 8.27. The van der Waals surface area contributed by atoms with Gasteiger partial charge >= 0.3 is 5.97 Å². The highest BCUT2D eigenvalue weighted by Gasteiger charge is 2.58. The molecule has 4 nitrogen and oxygen atoms in total. The molecule has 5 atom stereocenters. The number of ketones is 1. The number of rotatable bonds is 5. The molecular weight excluding hydrogens is 376 g/mol. The Morgan fingerprint density at radius 2 is 1.97 bits per heavy atom. The second-order valence-electron chi connectivity index (χ2n) is 10.5. The second-order valence-corrected chi connectivity index (χ2v) is 10.5. The Bertz CT molecular complexity index is 813. The second kappa shape index (κ2) is 8.01. The summed E-state index contributed by atoms with van der Waals surface area (Å²) >= 11 is 0. The molecule has 164 valence electrons. The molecule has 0 bridgehead atoms. The Morgan fingerprint density at radius 1 is 1.17 bits per heavy atom. The SMILES string of the molecule is COc1cccc(C(C)(C)[C@@H]2CC[C@@H](C)C[C@H]2OC(=O)[C@]23CCCC(=O)[C@H]2CC3)c1. The van der Waals surface area contributed by atoms with Crippen molar-refractivity contribution in [1.82, 2.24) is 0 Å². The maximum absolute atomic E-state index is 13.4. The van der Waals surface area contributed by atoms with E-state index in [2.05, 4.69) is 32.9 Å². The zero-order chi connectivity index (χ0) is 21.5. The van der Waals surface area contributed by atoms with Crippen LogP contribution < -0.4 is 4.74 Å². The first kappa shape index (κ1) is 21.4. The Morgan fingerprint density at radius 3 is 2.67 bits per heavy atom. The number of hydrogen-bond acceptors (Lipinski definition) is 4. The lowest BCUT2D eigenvalue weighted by Gasteiger charge is -2.51. The Hall–Kier alpha value is -1.84. The van der Waals surface area contributed by atoms with Gasteiger partial charge in [-0.15, -0.1) is 0 Å². The summed E-state index contributed by atoms with van der Waals surface area (Å²) in [4.78, 5) is 25.8. The summed E-state index contributed by atoms with van der Waals surface area (Å²) in [5.74, 6) is 1.73. The van der Waals surface area contributed by atoms with Gasteiger partial charge in [-0.25, -0.2) is 0 Å². The predicted molar refractivity (Wildman–Crippen MR) is 116 cm³/mol. The molecule has 0 aliphatic heterocycles. The molecule has 0 saturated heterocycles. The van der Waals surface area contributed by atoms with E-state index in [-0.39, 0.29) is 35.1 Å². The zero-order valence-electron chi connectivity index (χ0n) is 18.9. The minimum atomic E-state index is -0.527. The van der Waals surface area contributed by atoms with Crippen LogP contribution in [0, 0.1) is 23.2 Å². The fourth-order valence-corrected chi connectivity index (χ4v) is 6.28. The number of carbonyl (C=O) groups excluding carboxylic acids is 2. The number of hydrogen-bond donors (Lipinski definition) is 0. The van der Waals surface area contributed by atoms with Gasteiger partial charge in [-0.3, -0.25) is 9.59 Å². The van der Waals surface area contributed by atoms with E-state index < -0.39 is 5.41 Å². The summed E-state index contributed by atoms with van der Waals surface area (Å²) in [7, 11) is 1.69. The minimum absolute atomic E-state index is 0.0930. The summed E-state index contributed by atoms with van der Waals surface area (Å²) in [6.45, 7) is 6.78. The normalized spacial score (nSPS) is 33.9. The van der Waals surface area contributed by atoms with Crippen LogP contribution in [0.4, 0.5) is 0 Å². The third-order valence-corrected chi connectivity index (χ3v) is 8.44. The fraction of sp³-hybridized carbons (Fsp3) is 0.692. The van der Waals surface area contributed by atoms with Crippen molar-refractivity contribution < 1.29 is 19.1 Å². The molecule has 0 spiro atoms. The standard InChI is InChI=1S/C26H36O4/c1-17-10-11-21(25(2,3)18-7-5-8-19(16-18)29-4)23(15-17)30-24(28)26-13-6-9-22(27)20(26)12-14-26/h5,7-8,16-17,20-21,23H,6,9-15H2,1-4H3/t17-,20-,21-,23-,26+/m1/s1. The maximum atomic E-state index is 13.4. The first-order valence-electron chi connectivity index (χ1n) is 11.7. The molecule has 3 aliphatic carbocycles. The Kier molecular flexibility index (Phi) is 5.71. The van der Waals surface area contributed by atoms with E-state index in [0.717, 1.165) is 50.7 Å². The first-order valence-corrected chi connectivity index (χ1v) is 11.7. The molecule has 3 aliphatic rings. The van der Waals surface area contributed by atoms with Crippen molar-refractivity contribution in [1.29, 1.82) is 0 Å². The molecule has 0 heterocycles. The molecule has 3 saturated carbocycles. The smallest absolute Gasteiger partial charge is 0.313 e. The molecular formula is C26H36O4. The van der Waals surface area contributed by atoms with E-state index in [0.29, 0.717) is 12.3 Å². The molecule has 3 fully saturated rings. The summed E-state index contributed by atoms with van der Waals surface area (Å²) in [6.07, 6.45) is 6.93. The summed E-state index contributed by atoms with van der Waals surface area (Å²) < 4.78 is 11.8. The van der Waals surface area contributed by atoms with Gasteiger partial charge in [-0.2, -0.15) is 0 Å². The highest BCUT2D eigenvalue weighted by atomic mass is 16.5. The van der Waals surface area contributed by atoms with Gasteiger partial charge in [0.15, 0.2) is 0 Å². The van der Waals surface area contributed by atoms with Crippen LogP contribution in [0.25, 0.3) is 0 Å². The van der Waals surface area contributed by atoms with E-state index in [9.17, 15) is 9.59 Å². The highest BCUT2D eigenvalue weighted by molar-refractivity contribution is 5.92. The van der Waals surface area contributed by atoms with Crippen molar-refractivity contribution in [2.45, 2.75) is 83.7 Å². The van der Waals surface area contributed by atoms with E-state index in [1.165, 1.54) is 5.56 Å². The van der Waals surface area contributed by atoms with Crippen molar-refractivity contribution in [3.8, 4) is 5.75 Å². The quantitative estimate of drug-likeness (QED) is 0.602. The number of methoxy groups -OCH3 is 1. The van der Waals surface area contributed by atoms with Crippen molar-refractivity contribution in [3.63, 3.8) is 0 Å². The van der Waals surface area contributed by atoms with Crippen molar-refractivity contribution in [3.05, 3.63) is 29.8 Å². The lowest BCUT2D eigenvalue weighted by atomic mass is 9.53. The Labute approximate surface area is 180 Å². The molecule has 0 N–H and O–H groups in total. The van der Waals surface area contributed by atoms with Crippen LogP contribution in [-0.4, -0.2) is 25.0 Å². The summed E-state index contributed by atoms with van der Waals surface area (Å²) in [5.41, 5.74) is 0.550. The van der Waals surface area contributed by atoms with Crippen molar-refractivity contribution in [2.75, 3.05) is 7.11 Å². The van der Waals surface area contributed by atoms with Crippen LogP contribution in [0.2, 0.25) is 0 Å². The van der Waals surface area contributed by atoms with Gasteiger partial charge in [0, 0.05) is 18.3 Å². The highest BCUT2D eigenvalue weighted by Crippen LogP contribution is 2.55. The molecule has 4 heteroatoms. The predicted octanol–water partition coefficient (Wildman–Crippen LogP) is 5.47. The number of esters is 1. The third kappa shape index (κ3) is 3.56. The average molecular weight is 413 g/mol. The van der Waals surface area contributed by atoms with Crippen LogP contribution in [-0.2, 0) is 19.7 Å². The monoisotopic (exact) mass is 412 g/mol. The number of ether oxygens (including phenoxy) is 2. The van der Waals surface area contributed by atoms with Crippen molar-refractivity contribution >= 4 is 11.8 Å². The largest absolute Gasteiger partial charge is 0.497 e. The van der Waals surface area contributed by atoms with Crippen LogP contribution in [0.1, 0.15) is 77.7 Å². The van der Waals surface area contributed by atoms with E-state index >= 15 is 0 Å². The van der Waals surface area contributed by atoms with Crippen LogP contribution >= 0.6 is 0 Å². The molecule has 1 aromatic carbocycles. The van der Waals surface area contributed by atoms with Crippen LogP contribution in [0.5, 0.6) is 5.75 Å². The topological polar surface area (TPSA) is 52.6 Å². The van der Waals surface area contributed by atoms with Gasteiger partial charge < -0.3 is 9.47 Å². The van der Waals surface area contributed by atoms with Gasteiger partial charge in [-0.05, 0) is 67.6 Å². The number of carbonyl (C=O) groups is 2. The zero-order valence-corrected chi connectivity index (χ0v) is 18.9. The first-order chi connectivity index (χ1) is 14.3. The number of fused-ring (bicyclic) bond motifs is 1. The van der Waals surface area contributed by atoms with Gasteiger partial charge in [0.1, 0.15) is 17.6 Å². The maximum Gasteiger partial charge on any atom is 0.313 e. The molecule has 0 radical (unpaired) electrons. The molecule has 30 heavy (non-hydrogen) atoms. The molecule has 0 unspecified atom stereocenters. The molecule has 0 aromatic heterocycles. The third-order valence-electron chi connectivity index (χ3n) is 8.44. The summed E-state index contributed by atoms with van der Waals surface area (Å²) in [5, 5.41) is 0. The van der Waals surface area contributed by atoms with Crippen LogP contribution in [0.15, 0.2) is 24.3 Å². The Balaban J connectivity index is 1.57. The van der Waals surface area contributed by atoms with Gasteiger partial charge in [0.2, 0.25) is 0 Å². The van der Waals surface area contributed by atoms with Crippen molar-refractivity contribution in [2.24, 2.45) is 23.2 Å². The number of benzene rings is 1. The van der Waals surface area contributed by atoms with Gasteiger partial charge in [0.25, 0.3) is 0 Å². The molecule has 4 rings (SSSR count). The lowest BCUT2D eigenvalue weighted by Crippen LogP contribution is -2.55. The van der Waals surface area contributed by atoms with Crippen LogP contribution in [0.3, 0.4) is 0 Å². The fourth-order valence-electron chi connectivity index (χ4n) is 6.28.